The molecule has 0 N–H and O–H groups in total. The molecule has 1 unspecified atom stereocenters. The average molecular weight is 460 g/mol. The predicted molar refractivity (Wildman–Crippen MR) is 124 cm³/mol. The fraction of sp³-hybridized carbons (Fsp3) is 0.200. The number of fused-ring (bicyclic) bond motifs is 1. The van der Waals surface area contributed by atoms with Crippen molar-refractivity contribution >= 4 is 38.6 Å². The van der Waals surface area contributed by atoms with Crippen LogP contribution < -0.4 is 4.90 Å². The highest BCUT2D eigenvalue weighted by Gasteiger charge is 2.35. The lowest BCUT2D eigenvalue weighted by Gasteiger charge is -2.19. The summed E-state index contributed by atoms with van der Waals surface area (Å²) in [6, 6.07) is 24.6. The second-order valence-corrected chi connectivity index (χ2v) is 8.68. The molecule has 1 fully saturated rings. The van der Waals surface area contributed by atoms with Crippen LogP contribution in [0.5, 0.6) is 0 Å². The Morgan fingerprint density at radius 1 is 1.00 bits per heavy atom. The van der Waals surface area contributed by atoms with E-state index in [-0.39, 0.29) is 11.8 Å². The molecule has 0 aliphatic carbocycles. The minimum atomic E-state index is 0.0565. The van der Waals surface area contributed by atoms with E-state index in [9.17, 15) is 4.79 Å². The van der Waals surface area contributed by atoms with Gasteiger partial charge in [0.05, 0.1) is 16.7 Å². The van der Waals surface area contributed by atoms with Gasteiger partial charge >= 0.3 is 0 Å². The molecule has 0 radical (unpaired) electrons. The van der Waals surface area contributed by atoms with E-state index < -0.39 is 0 Å². The second-order valence-electron chi connectivity index (χ2n) is 7.83. The van der Waals surface area contributed by atoms with Gasteiger partial charge < -0.3 is 9.47 Å². The van der Waals surface area contributed by atoms with Crippen molar-refractivity contribution in [3.8, 4) is 0 Å². The molecule has 1 saturated heterocycles. The smallest absolute Gasteiger partial charge is 0.227 e. The van der Waals surface area contributed by atoms with Crippen molar-refractivity contribution < 1.29 is 4.79 Å². The SMILES string of the molecule is Cc1ccccc1Cn1c(C2CC(=O)N(c3ccccc3Br)C2)nc2ccccc21. The number of imidazole rings is 1. The number of para-hydroxylation sites is 3. The molecule has 0 spiro atoms. The molecule has 4 aromatic rings. The highest BCUT2D eigenvalue weighted by Crippen LogP contribution is 2.36. The van der Waals surface area contributed by atoms with Crippen LogP contribution in [-0.2, 0) is 11.3 Å². The van der Waals surface area contributed by atoms with Gasteiger partial charge in [-0.25, -0.2) is 4.98 Å². The molecule has 5 heteroatoms. The number of aryl methyl sites for hydroxylation is 1. The Bertz CT molecular complexity index is 1250. The lowest BCUT2D eigenvalue weighted by Crippen LogP contribution is -2.25. The fourth-order valence-electron chi connectivity index (χ4n) is 4.31. The summed E-state index contributed by atoms with van der Waals surface area (Å²) in [5.74, 6) is 1.18. The van der Waals surface area contributed by atoms with Crippen molar-refractivity contribution in [2.45, 2.75) is 25.8 Å². The van der Waals surface area contributed by atoms with Crippen molar-refractivity contribution in [3.05, 3.63) is 94.2 Å². The maximum absolute atomic E-state index is 12.9. The van der Waals surface area contributed by atoms with Gasteiger partial charge in [-0.2, -0.15) is 0 Å². The van der Waals surface area contributed by atoms with Gasteiger partial charge in [0.1, 0.15) is 5.82 Å². The monoisotopic (exact) mass is 459 g/mol. The number of halogens is 1. The number of aromatic nitrogens is 2. The van der Waals surface area contributed by atoms with Crippen LogP contribution in [0.15, 0.2) is 77.3 Å². The number of rotatable bonds is 4. The summed E-state index contributed by atoms with van der Waals surface area (Å²) in [6.07, 6.45) is 0.471. The van der Waals surface area contributed by atoms with Crippen LogP contribution >= 0.6 is 15.9 Å². The third-order valence-electron chi connectivity index (χ3n) is 5.91. The van der Waals surface area contributed by atoms with E-state index in [0.29, 0.717) is 13.0 Å². The molecule has 1 atom stereocenters. The molecule has 5 rings (SSSR count). The molecule has 4 nitrogen and oxygen atoms in total. The number of anilines is 1. The van der Waals surface area contributed by atoms with E-state index in [2.05, 4.69) is 69.9 Å². The van der Waals surface area contributed by atoms with Crippen LogP contribution in [0.3, 0.4) is 0 Å². The first kappa shape index (κ1) is 19.1. The molecule has 0 saturated carbocycles. The topological polar surface area (TPSA) is 38.1 Å². The van der Waals surface area contributed by atoms with Crippen LogP contribution in [0.1, 0.15) is 29.3 Å². The second kappa shape index (κ2) is 7.73. The minimum absolute atomic E-state index is 0.0565. The van der Waals surface area contributed by atoms with Crippen molar-refractivity contribution in [2.75, 3.05) is 11.4 Å². The quantitative estimate of drug-likeness (QED) is 0.393. The molecule has 1 aliphatic heterocycles. The number of hydrogen-bond donors (Lipinski definition) is 0. The van der Waals surface area contributed by atoms with Gasteiger partial charge in [-0.1, -0.05) is 48.5 Å². The van der Waals surface area contributed by atoms with Gasteiger partial charge in [-0.15, -0.1) is 0 Å². The Morgan fingerprint density at radius 2 is 1.73 bits per heavy atom. The van der Waals surface area contributed by atoms with E-state index in [1.807, 2.05) is 35.2 Å². The summed E-state index contributed by atoms with van der Waals surface area (Å²) in [7, 11) is 0. The van der Waals surface area contributed by atoms with Crippen LogP contribution in [-0.4, -0.2) is 22.0 Å². The minimum Gasteiger partial charge on any atom is -0.323 e. The van der Waals surface area contributed by atoms with E-state index in [1.165, 1.54) is 11.1 Å². The van der Waals surface area contributed by atoms with Crippen LogP contribution in [0.25, 0.3) is 11.0 Å². The maximum Gasteiger partial charge on any atom is 0.227 e. The third-order valence-corrected chi connectivity index (χ3v) is 6.58. The fourth-order valence-corrected chi connectivity index (χ4v) is 4.81. The Hall–Kier alpha value is -2.92. The average Bonchev–Trinajstić information content (AvgIpc) is 3.31. The van der Waals surface area contributed by atoms with Crippen molar-refractivity contribution in [1.82, 2.24) is 9.55 Å². The highest BCUT2D eigenvalue weighted by molar-refractivity contribution is 9.10. The van der Waals surface area contributed by atoms with E-state index in [1.54, 1.807) is 0 Å². The maximum atomic E-state index is 12.9. The van der Waals surface area contributed by atoms with Crippen molar-refractivity contribution in [1.29, 1.82) is 0 Å². The van der Waals surface area contributed by atoms with Gasteiger partial charge in [0.25, 0.3) is 0 Å². The van der Waals surface area contributed by atoms with Gasteiger partial charge in [-0.3, -0.25) is 4.79 Å². The molecule has 1 amide bonds. The normalized spacial score (nSPS) is 16.5. The molecule has 3 aromatic carbocycles. The lowest BCUT2D eigenvalue weighted by atomic mass is 10.1. The van der Waals surface area contributed by atoms with Crippen LogP contribution in [0.4, 0.5) is 5.69 Å². The zero-order valence-electron chi connectivity index (χ0n) is 16.8. The van der Waals surface area contributed by atoms with Gasteiger partial charge in [0, 0.05) is 29.9 Å². The Labute approximate surface area is 184 Å². The number of carbonyl (C=O) groups excluding carboxylic acids is 1. The molecule has 1 aliphatic rings. The highest BCUT2D eigenvalue weighted by atomic mass is 79.9. The number of amides is 1. The summed E-state index contributed by atoms with van der Waals surface area (Å²) in [5.41, 5.74) is 5.55. The zero-order valence-corrected chi connectivity index (χ0v) is 18.3. The Balaban J connectivity index is 1.55. The summed E-state index contributed by atoms with van der Waals surface area (Å²) in [6.45, 7) is 3.53. The molecule has 2 heterocycles. The van der Waals surface area contributed by atoms with E-state index in [4.69, 9.17) is 4.98 Å². The Kier molecular flexibility index (Phi) is 4.91. The number of nitrogens with zero attached hydrogens (tertiary/aromatic N) is 3. The Morgan fingerprint density at radius 3 is 2.57 bits per heavy atom. The van der Waals surface area contributed by atoms with Gasteiger partial charge in [-0.05, 0) is 58.2 Å². The lowest BCUT2D eigenvalue weighted by molar-refractivity contribution is -0.117. The molecule has 150 valence electrons. The number of hydrogen-bond acceptors (Lipinski definition) is 2. The standard InChI is InChI=1S/C25H22BrN3O/c1-17-8-2-3-9-18(17)15-29-23-13-7-5-11-21(23)27-25(29)19-14-24(30)28(16-19)22-12-6-4-10-20(22)26/h2-13,19H,14-16H2,1H3. The van der Waals surface area contributed by atoms with Crippen LogP contribution in [0.2, 0.25) is 0 Å². The molecule has 0 bridgehead atoms. The van der Waals surface area contributed by atoms with Gasteiger partial charge in [0.2, 0.25) is 5.91 Å². The first-order chi connectivity index (χ1) is 14.6. The number of benzene rings is 3. The molecular formula is C25H22BrN3O. The number of carbonyl (C=O) groups is 1. The van der Waals surface area contributed by atoms with Crippen molar-refractivity contribution in [3.63, 3.8) is 0 Å². The van der Waals surface area contributed by atoms with Gasteiger partial charge in [0.15, 0.2) is 0 Å². The summed E-state index contributed by atoms with van der Waals surface area (Å²) >= 11 is 3.59. The summed E-state index contributed by atoms with van der Waals surface area (Å²) < 4.78 is 3.23. The van der Waals surface area contributed by atoms with E-state index >= 15 is 0 Å². The first-order valence-corrected chi connectivity index (χ1v) is 11.0. The zero-order chi connectivity index (χ0) is 20.7. The molecule has 30 heavy (non-hydrogen) atoms. The van der Waals surface area contributed by atoms with Crippen molar-refractivity contribution in [2.24, 2.45) is 0 Å². The summed E-state index contributed by atoms with van der Waals surface area (Å²) in [5, 5.41) is 0. The molecular weight excluding hydrogens is 438 g/mol. The predicted octanol–water partition coefficient (Wildman–Crippen LogP) is 5.68. The largest absolute Gasteiger partial charge is 0.323 e. The first-order valence-electron chi connectivity index (χ1n) is 10.2. The van der Waals surface area contributed by atoms with Crippen LogP contribution in [0, 0.1) is 6.92 Å². The van der Waals surface area contributed by atoms with E-state index in [0.717, 1.165) is 33.6 Å². The molecule has 1 aromatic heterocycles. The third kappa shape index (κ3) is 3.33. The summed E-state index contributed by atoms with van der Waals surface area (Å²) in [4.78, 5) is 19.8.